The molecule has 0 spiro atoms. The fraction of sp³-hybridized carbons (Fsp3) is 1.00. The van der Waals surface area contributed by atoms with E-state index >= 15 is 0 Å². The summed E-state index contributed by atoms with van der Waals surface area (Å²) in [5, 5.41) is 17.9. The maximum absolute atomic E-state index is 8.95. The predicted molar refractivity (Wildman–Crippen MR) is 44.4 cm³/mol. The summed E-state index contributed by atoms with van der Waals surface area (Å²) in [6, 6.07) is 0. The van der Waals surface area contributed by atoms with Crippen molar-refractivity contribution in [2.24, 2.45) is 0 Å². The SMILES string of the molecule is CO[C@@H]1[C@H](OC)[C@@H](CO)O[C@@H]1CO. The van der Waals surface area contributed by atoms with Crippen LogP contribution in [-0.2, 0) is 14.2 Å². The highest BCUT2D eigenvalue weighted by molar-refractivity contribution is 4.92. The van der Waals surface area contributed by atoms with Crippen molar-refractivity contribution in [3.63, 3.8) is 0 Å². The lowest BCUT2D eigenvalue weighted by molar-refractivity contribution is -0.0453. The maximum Gasteiger partial charge on any atom is 0.114 e. The van der Waals surface area contributed by atoms with E-state index in [1.165, 1.54) is 14.2 Å². The highest BCUT2D eigenvalue weighted by Crippen LogP contribution is 2.25. The lowest BCUT2D eigenvalue weighted by Crippen LogP contribution is -2.38. The van der Waals surface area contributed by atoms with Crippen molar-refractivity contribution in [1.29, 1.82) is 0 Å². The van der Waals surface area contributed by atoms with Gasteiger partial charge in [-0.2, -0.15) is 0 Å². The molecule has 0 aromatic heterocycles. The molecule has 1 aliphatic heterocycles. The highest BCUT2D eigenvalue weighted by atomic mass is 16.6. The molecule has 5 heteroatoms. The lowest BCUT2D eigenvalue weighted by atomic mass is 10.1. The van der Waals surface area contributed by atoms with Crippen LogP contribution in [0.5, 0.6) is 0 Å². The van der Waals surface area contributed by atoms with Crippen molar-refractivity contribution in [3.05, 3.63) is 0 Å². The van der Waals surface area contributed by atoms with E-state index in [1.54, 1.807) is 0 Å². The number of hydrogen-bond acceptors (Lipinski definition) is 5. The number of methoxy groups -OCH3 is 2. The zero-order valence-corrected chi connectivity index (χ0v) is 7.84. The van der Waals surface area contributed by atoms with Gasteiger partial charge in [-0.25, -0.2) is 0 Å². The van der Waals surface area contributed by atoms with Gasteiger partial charge in [0.25, 0.3) is 0 Å². The van der Waals surface area contributed by atoms with E-state index in [4.69, 9.17) is 24.4 Å². The Morgan fingerprint density at radius 1 is 1.00 bits per heavy atom. The van der Waals surface area contributed by atoms with E-state index in [1.807, 2.05) is 0 Å². The summed E-state index contributed by atoms with van der Waals surface area (Å²) in [7, 11) is 3.06. The molecule has 0 aromatic carbocycles. The van der Waals surface area contributed by atoms with Crippen molar-refractivity contribution in [2.45, 2.75) is 24.4 Å². The molecule has 1 rings (SSSR count). The molecule has 0 saturated carbocycles. The van der Waals surface area contributed by atoms with Gasteiger partial charge < -0.3 is 24.4 Å². The zero-order valence-electron chi connectivity index (χ0n) is 7.84. The topological polar surface area (TPSA) is 68.2 Å². The third-order valence-corrected chi connectivity index (χ3v) is 2.31. The number of aliphatic hydroxyl groups is 2. The molecule has 5 nitrogen and oxygen atoms in total. The van der Waals surface area contributed by atoms with E-state index in [2.05, 4.69) is 0 Å². The van der Waals surface area contributed by atoms with Crippen LogP contribution >= 0.6 is 0 Å². The number of hydrogen-bond donors (Lipinski definition) is 2. The molecule has 0 amide bonds. The minimum atomic E-state index is -0.410. The van der Waals surface area contributed by atoms with E-state index < -0.39 is 12.2 Å². The number of aliphatic hydroxyl groups excluding tert-OH is 2. The first kappa shape index (κ1) is 10.9. The summed E-state index contributed by atoms with van der Waals surface area (Å²) in [5.74, 6) is 0. The number of ether oxygens (including phenoxy) is 3. The van der Waals surface area contributed by atoms with Crippen LogP contribution in [-0.4, -0.2) is 62.1 Å². The average Bonchev–Trinajstić information content (AvgIpc) is 2.54. The van der Waals surface area contributed by atoms with Gasteiger partial charge in [0.05, 0.1) is 13.2 Å². The standard InChI is InChI=1S/C8H16O5/c1-11-7-5(3-9)13-6(4-10)8(7)12-2/h5-10H,3-4H2,1-2H3/t5-,6-,7-,8+/m1/s1. The van der Waals surface area contributed by atoms with Crippen LogP contribution < -0.4 is 0 Å². The van der Waals surface area contributed by atoms with Crippen LogP contribution in [0.25, 0.3) is 0 Å². The molecule has 0 radical (unpaired) electrons. The Balaban J connectivity index is 2.65. The molecule has 78 valence electrons. The molecule has 2 N–H and O–H groups in total. The summed E-state index contributed by atoms with van der Waals surface area (Å²) in [5.41, 5.74) is 0. The Morgan fingerprint density at radius 3 is 1.62 bits per heavy atom. The largest absolute Gasteiger partial charge is 0.394 e. The molecule has 4 atom stereocenters. The molecule has 0 aliphatic carbocycles. The van der Waals surface area contributed by atoms with E-state index in [-0.39, 0.29) is 25.4 Å². The first-order chi connectivity index (χ1) is 6.28. The van der Waals surface area contributed by atoms with Gasteiger partial charge in [-0.05, 0) is 0 Å². The zero-order chi connectivity index (χ0) is 9.84. The minimum absolute atomic E-state index is 0.130. The second-order valence-electron chi connectivity index (χ2n) is 2.98. The summed E-state index contributed by atoms with van der Waals surface area (Å²) in [4.78, 5) is 0. The third kappa shape index (κ3) is 2.00. The van der Waals surface area contributed by atoms with Crippen LogP contribution in [0, 0.1) is 0 Å². The van der Waals surface area contributed by atoms with Gasteiger partial charge in [0.15, 0.2) is 0 Å². The molecule has 0 bridgehead atoms. The number of rotatable bonds is 4. The monoisotopic (exact) mass is 192 g/mol. The summed E-state index contributed by atoms with van der Waals surface area (Å²) in [6.45, 7) is -0.260. The summed E-state index contributed by atoms with van der Waals surface area (Å²) < 4.78 is 15.6. The first-order valence-corrected chi connectivity index (χ1v) is 4.21. The highest BCUT2D eigenvalue weighted by Gasteiger charge is 2.44. The average molecular weight is 192 g/mol. The second kappa shape index (κ2) is 4.88. The first-order valence-electron chi connectivity index (χ1n) is 4.21. The van der Waals surface area contributed by atoms with Crippen molar-refractivity contribution in [2.75, 3.05) is 27.4 Å². The van der Waals surface area contributed by atoms with Crippen molar-refractivity contribution in [1.82, 2.24) is 0 Å². The Bertz CT molecular complexity index is 135. The van der Waals surface area contributed by atoms with Crippen molar-refractivity contribution >= 4 is 0 Å². The summed E-state index contributed by atoms with van der Waals surface area (Å²) >= 11 is 0. The summed E-state index contributed by atoms with van der Waals surface area (Å²) in [6.07, 6.45) is -1.45. The molecular weight excluding hydrogens is 176 g/mol. The van der Waals surface area contributed by atoms with Crippen LogP contribution in [0.2, 0.25) is 0 Å². The smallest absolute Gasteiger partial charge is 0.114 e. The second-order valence-corrected chi connectivity index (χ2v) is 2.98. The molecular formula is C8H16O5. The molecule has 0 aromatic rings. The van der Waals surface area contributed by atoms with Gasteiger partial charge in [0.1, 0.15) is 24.4 Å². The molecule has 1 aliphatic rings. The Morgan fingerprint density at radius 2 is 1.38 bits per heavy atom. The molecule has 1 heterocycles. The van der Waals surface area contributed by atoms with Gasteiger partial charge in [-0.15, -0.1) is 0 Å². The van der Waals surface area contributed by atoms with E-state index in [0.29, 0.717) is 0 Å². The van der Waals surface area contributed by atoms with Gasteiger partial charge >= 0.3 is 0 Å². The Kier molecular flexibility index (Phi) is 4.08. The van der Waals surface area contributed by atoms with E-state index in [9.17, 15) is 0 Å². The van der Waals surface area contributed by atoms with Gasteiger partial charge in [-0.1, -0.05) is 0 Å². The fourth-order valence-electron chi connectivity index (χ4n) is 1.67. The van der Waals surface area contributed by atoms with Crippen LogP contribution in [0.1, 0.15) is 0 Å². The normalized spacial score (nSPS) is 39.7. The molecule has 1 fully saturated rings. The quantitative estimate of drug-likeness (QED) is 0.583. The molecule has 1 saturated heterocycles. The van der Waals surface area contributed by atoms with Crippen molar-refractivity contribution < 1.29 is 24.4 Å². The van der Waals surface area contributed by atoms with Crippen LogP contribution in [0.3, 0.4) is 0 Å². The predicted octanol–water partition coefficient (Wildman–Crippen LogP) is -1.23. The molecule has 13 heavy (non-hydrogen) atoms. The third-order valence-electron chi connectivity index (χ3n) is 2.31. The van der Waals surface area contributed by atoms with Gasteiger partial charge in [0, 0.05) is 14.2 Å². The van der Waals surface area contributed by atoms with Gasteiger partial charge in [0.2, 0.25) is 0 Å². The van der Waals surface area contributed by atoms with Gasteiger partial charge in [-0.3, -0.25) is 0 Å². The maximum atomic E-state index is 8.95. The minimum Gasteiger partial charge on any atom is -0.394 e. The van der Waals surface area contributed by atoms with Crippen molar-refractivity contribution in [3.8, 4) is 0 Å². The fourth-order valence-corrected chi connectivity index (χ4v) is 1.67. The Hall–Kier alpha value is -0.200. The van der Waals surface area contributed by atoms with E-state index in [0.717, 1.165) is 0 Å². The lowest BCUT2D eigenvalue weighted by Gasteiger charge is -2.19. The van der Waals surface area contributed by atoms with Crippen LogP contribution in [0.15, 0.2) is 0 Å². The van der Waals surface area contributed by atoms with Crippen LogP contribution in [0.4, 0.5) is 0 Å². The Labute approximate surface area is 77.2 Å². The molecule has 0 unspecified atom stereocenters.